The van der Waals surface area contributed by atoms with E-state index in [1.54, 1.807) is 7.11 Å². The van der Waals surface area contributed by atoms with Crippen LogP contribution in [0.1, 0.15) is 30.4 Å². The maximum absolute atomic E-state index is 6.38. The summed E-state index contributed by atoms with van der Waals surface area (Å²) in [5.74, 6) is 2.58. The second-order valence-electron chi connectivity index (χ2n) is 6.82. The van der Waals surface area contributed by atoms with E-state index in [1.165, 1.54) is 5.56 Å². The molecule has 1 unspecified atom stereocenters. The first-order valence-corrected chi connectivity index (χ1v) is 9.86. The fourth-order valence-electron chi connectivity index (χ4n) is 3.55. The smallest absolute Gasteiger partial charge is 0.193 e. The van der Waals surface area contributed by atoms with Crippen LogP contribution in [0.15, 0.2) is 29.5 Å². The van der Waals surface area contributed by atoms with Crippen molar-refractivity contribution in [1.82, 2.24) is 20.0 Å². The Balaban J connectivity index is 1.64. The molecule has 152 valence electrons. The molecular weight excluding hydrogens is 378 g/mol. The molecule has 1 fully saturated rings. The zero-order valence-corrected chi connectivity index (χ0v) is 17.7. The molecule has 7 nitrogen and oxygen atoms in total. The van der Waals surface area contributed by atoms with Crippen LogP contribution in [0, 0.1) is 0 Å². The van der Waals surface area contributed by atoms with E-state index in [9.17, 15) is 0 Å². The number of guanidine groups is 1. The summed E-state index contributed by atoms with van der Waals surface area (Å²) in [6, 6.07) is 3.84. The van der Waals surface area contributed by atoms with Crippen molar-refractivity contribution in [3.8, 4) is 11.5 Å². The molecule has 2 heterocycles. The number of aliphatic imine (C=N–C) groups is 1. The molecule has 0 aliphatic carbocycles. The van der Waals surface area contributed by atoms with Gasteiger partial charge in [-0.2, -0.15) is 5.10 Å². The van der Waals surface area contributed by atoms with Gasteiger partial charge in [-0.05, 0) is 36.6 Å². The van der Waals surface area contributed by atoms with Gasteiger partial charge in [0, 0.05) is 45.8 Å². The Morgan fingerprint density at radius 2 is 2.25 bits per heavy atom. The van der Waals surface area contributed by atoms with Crippen LogP contribution < -0.4 is 14.8 Å². The molecule has 1 aromatic carbocycles. The Morgan fingerprint density at radius 1 is 1.43 bits per heavy atom. The number of methoxy groups -OCH3 is 1. The normalized spacial score (nSPS) is 17.1. The molecule has 3 rings (SSSR count). The Kier molecular flexibility index (Phi) is 6.67. The van der Waals surface area contributed by atoms with Crippen molar-refractivity contribution in [2.45, 2.75) is 25.8 Å². The van der Waals surface area contributed by atoms with Gasteiger partial charge in [-0.25, -0.2) is 0 Å². The molecular formula is C20H28ClN5O2. The van der Waals surface area contributed by atoms with Crippen molar-refractivity contribution < 1.29 is 9.47 Å². The lowest BCUT2D eigenvalue weighted by Crippen LogP contribution is -2.39. The Bertz CT molecular complexity index is 836. The molecule has 0 bridgehead atoms. The third-order valence-electron chi connectivity index (χ3n) is 4.92. The van der Waals surface area contributed by atoms with Gasteiger partial charge < -0.3 is 19.7 Å². The maximum Gasteiger partial charge on any atom is 0.193 e. The SMILES string of the molecule is CCOc1c(Cl)cc(CNC(=NC)N2CCC(c3cnn(C)c3)C2)cc1OC. The summed E-state index contributed by atoms with van der Waals surface area (Å²) in [6.07, 6.45) is 5.15. The average Bonchev–Trinajstić information content (AvgIpc) is 3.33. The molecule has 1 N–H and O–H groups in total. The van der Waals surface area contributed by atoms with Crippen LogP contribution in [0.4, 0.5) is 0 Å². The van der Waals surface area contributed by atoms with Crippen LogP contribution in [-0.4, -0.2) is 54.5 Å². The van der Waals surface area contributed by atoms with Crippen molar-refractivity contribution in [3.05, 3.63) is 40.7 Å². The van der Waals surface area contributed by atoms with Gasteiger partial charge >= 0.3 is 0 Å². The van der Waals surface area contributed by atoms with E-state index >= 15 is 0 Å². The van der Waals surface area contributed by atoms with Crippen molar-refractivity contribution in [2.24, 2.45) is 12.0 Å². The zero-order chi connectivity index (χ0) is 20.1. The van der Waals surface area contributed by atoms with Gasteiger partial charge in [-0.3, -0.25) is 9.67 Å². The molecule has 0 amide bonds. The summed E-state index contributed by atoms with van der Waals surface area (Å²) >= 11 is 6.38. The third kappa shape index (κ3) is 4.52. The van der Waals surface area contributed by atoms with Crippen LogP contribution in [0.25, 0.3) is 0 Å². The molecule has 0 saturated carbocycles. The highest BCUT2D eigenvalue weighted by Crippen LogP contribution is 2.36. The standard InChI is InChI=1S/C20H28ClN5O2/c1-5-28-19-17(21)8-14(9-18(19)27-4)10-23-20(22-2)26-7-6-15(13-26)16-11-24-25(3)12-16/h8-9,11-12,15H,5-7,10,13H2,1-4H3,(H,22,23). The minimum atomic E-state index is 0.479. The van der Waals surface area contributed by atoms with Crippen molar-refractivity contribution in [3.63, 3.8) is 0 Å². The van der Waals surface area contributed by atoms with Gasteiger partial charge in [0.25, 0.3) is 0 Å². The monoisotopic (exact) mass is 405 g/mol. The number of nitrogens with one attached hydrogen (secondary N) is 1. The van der Waals surface area contributed by atoms with Gasteiger partial charge in [0.05, 0.1) is 24.9 Å². The lowest BCUT2D eigenvalue weighted by molar-refractivity contribution is 0.311. The minimum absolute atomic E-state index is 0.479. The predicted molar refractivity (Wildman–Crippen MR) is 112 cm³/mol. The molecule has 1 aliphatic rings. The van der Waals surface area contributed by atoms with Gasteiger partial charge in [-0.1, -0.05) is 11.6 Å². The van der Waals surface area contributed by atoms with Crippen LogP contribution in [-0.2, 0) is 13.6 Å². The van der Waals surface area contributed by atoms with Gasteiger partial charge in [0.15, 0.2) is 17.5 Å². The largest absolute Gasteiger partial charge is 0.493 e. The van der Waals surface area contributed by atoms with E-state index in [0.717, 1.165) is 31.0 Å². The number of hydrogen-bond donors (Lipinski definition) is 1. The van der Waals surface area contributed by atoms with Crippen molar-refractivity contribution in [1.29, 1.82) is 0 Å². The molecule has 1 atom stereocenters. The average molecular weight is 406 g/mol. The quantitative estimate of drug-likeness (QED) is 0.591. The Labute approximate surface area is 171 Å². The number of aromatic nitrogens is 2. The zero-order valence-electron chi connectivity index (χ0n) is 16.9. The first kappa shape index (κ1) is 20.3. The van der Waals surface area contributed by atoms with E-state index in [1.807, 2.05) is 44.0 Å². The number of benzene rings is 1. The lowest BCUT2D eigenvalue weighted by atomic mass is 10.0. The number of ether oxygens (including phenoxy) is 2. The molecule has 2 aromatic rings. The third-order valence-corrected chi connectivity index (χ3v) is 5.21. The van der Waals surface area contributed by atoms with Gasteiger partial charge in [-0.15, -0.1) is 0 Å². The lowest BCUT2D eigenvalue weighted by Gasteiger charge is -2.22. The number of aryl methyl sites for hydroxylation is 1. The summed E-state index contributed by atoms with van der Waals surface area (Å²) in [5.41, 5.74) is 2.29. The Hall–Kier alpha value is -2.41. The first-order chi connectivity index (χ1) is 13.5. The van der Waals surface area contributed by atoms with E-state index in [2.05, 4.69) is 26.5 Å². The van der Waals surface area contributed by atoms with E-state index in [4.69, 9.17) is 21.1 Å². The Morgan fingerprint density at radius 3 is 2.89 bits per heavy atom. The van der Waals surface area contributed by atoms with Gasteiger partial charge in [0.2, 0.25) is 0 Å². The van der Waals surface area contributed by atoms with E-state index in [0.29, 0.717) is 35.6 Å². The first-order valence-electron chi connectivity index (χ1n) is 9.49. The van der Waals surface area contributed by atoms with Crippen LogP contribution in [0.3, 0.4) is 0 Å². The highest BCUT2D eigenvalue weighted by Gasteiger charge is 2.27. The molecule has 28 heavy (non-hydrogen) atoms. The summed E-state index contributed by atoms with van der Waals surface area (Å²) < 4.78 is 12.9. The highest BCUT2D eigenvalue weighted by atomic mass is 35.5. The fraction of sp³-hybridized carbons (Fsp3) is 0.500. The van der Waals surface area contributed by atoms with Crippen molar-refractivity contribution in [2.75, 3.05) is 33.9 Å². The van der Waals surface area contributed by atoms with Gasteiger partial charge in [0.1, 0.15) is 0 Å². The molecule has 1 saturated heterocycles. The van der Waals surface area contributed by atoms with E-state index in [-0.39, 0.29) is 0 Å². The molecule has 8 heteroatoms. The topological polar surface area (TPSA) is 63.9 Å². The number of nitrogens with zero attached hydrogens (tertiary/aromatic N) is 4. The summed E-state index contributed by atoms with van der Waals surface area (Å²) in [5, 5.41) is 8.27. The summed E-state index contributed by atoms with van der Waals surface area (Å²) in [4.78, 5) is 6.73. The molecule has 0 spiro atoms. The highest BCUT2D eigenvalue weighted by molar-refractivity contribution is 6.32. The second kappa shape index (κ2) is 9.19. The number of hydrogen-bond acceptors (Lipinski definition) is 4. The van der Waals surface area contributed by atoms with Crippen LogP contribution in [0.5, 0.6) is 11.5 Å². The summed E-state index contributed by atoms with van der Waals surface area (Å²) in [6.45, 7) is 4.95. The minimum Gasteiger partial charge on any atom is -0.493 e. The number of halogens is 1. The van der Waals surface area contributed by atoms with Crippen molar-refractivity contribution >= 4 is 17.6 Å². The maximum atomic E-state index is 6.38. The number of rotatable bonds is 6. The van der Waals surface area contributed by atoms with Crippen LogP contribution in [0.2, 0.25) is 5.02 Å². The van der Waals surface area contributed by atoms with Crippen LogP contribution >= 0.6 is 11.6 Å². The van der Waals surface area contributed by atoms with E-state index < -0.39 is 0 Å². The fourth-order valence-corrected chi connectivity index (χ4v) is 3.84. The predicted octanol–water partition coefficient (Wildman–Crippen LogP) is 3.05. The second-order valence-corrected chi connectivity index (χ2v) is 7.23. The number of likely N-dealkylation sites (tertiary alicyclic amines) is 1. The summed E-state index contributed by atoms with van der Waals surface area (Å²) in [7, 11) is 5.38. The molecule has 1 aromatic heterocycles. The molecule has 0 radical (unpaired) electrons. The molecule has 1 aliphatic heterocycles.